The fourth-order valence-electron chi connectivity index (χ4n) is 2.35. The largest absolute Gasteiger partial charge is 0.494 e. The zero-order valence-corrected chi connectivity index (χ0v) is 16.5. The minimum atomic E-state index is -4.02. The van der Waals surface area contributed by atoms with E-state index < -0.39 is 10.1 Å². The van der Waals surface area contributed by atoms with Crippen LogP contribution in [0.1, 0.15) is 19.4 Å². The van der Waals surface area contributed by atoms with E-state index in [0.29, 0.717) is 11.4 Å². The Morgan fingerprint density at radius 1 is 1.15 bits per heavy atom. The third-order valence-corrected chi connectivity index (χ3v) is 5.45. The Balaban J connectivity index is 0.000000197. The fraction of sp³-hybridized carbons (Fsp3) is 0.278. The number of fused-ring (bicyclic) bond motifs is 1. The molecule has 26 heavy (non-hydrogen) atoms. The SMILES string of the molecule is CCOc1ccc2c(c1)sc(=N)n2CC.Cc1ccc(S(=O)(=O)O)cc1. The van der Waals surface area contributed by atoms with Gasteiger partial charge < -0.3 is 9.30 Å². The van der Waals surface area contributed by atoms with Gasteiger partial charge in [0.15, 0.2) is 4.80 Å². The van der Waals surface area contributed by atoms with Crippen molar-refractivity contribution in [2.75, 3.05) is 6.61 Å². The van der Waals surface area contributed by atoms with E-state index in [4.69, 9.17) is 14.7 Å². The third-order valence-electron chi connectivity index (χ3n) is 3.62. The first kappa shape index (κ1) is 20.2. The van der Waals surface area contributed by atoms with E-state index in [-0.39, 0.29) is 4.90 Å². The summed E-state index contributed by atoms with van der Waals surface area (Å²) < 4.78 is 38.1. The molecule has 2 N–H and O–H groups in total. The lowest BCUT2D eigenvalue weighted by Crippen LogP contribution is -2.10. The first-order valence-electron chi connectivity index (χ1n) is 8.11. The van der Waals surface area contributed by atoms with Crippen LogP contribution in [0.3, 0.4) is 0 Å². The van der Waals surface area contributed by atoms with E-state index >= 15 is 0 Å². The number of nitrogens with one attached hydrogen (secondary N) is 1. The molecule has 0 atom stereocenters. The second-order valence-electron chi connectivity index (χ2n) is 5.50. The minimum absolute atomic E-state index is 0.0666. The number of benzene rings is 2. The summed E-state index contributed by atoms with van der Waals surface area (Å²) in [7, 11) is -4.02. The summed E-state index contributed by atoms with van der Waals surface area (Å²) in [5.74, 6) is 0.884. The Kier molecular flexibility index (Phi) is 6.57. The van der Waals surface area contributed by atoms with E-state index in [1.165, 1.54) is 23.5 Å². The topological polar surface area (TPSA) is 92.4 Å². The Bertz CT molecular complexity index is 1040. The smallest absolute Gasteiger partial charge is 0.294 e. The number of aromatic nitrogens is 1. The number of nitrogens with zero attached hydrogens (tertiary/aromatic N) is 1. The molecule has 3 aromatic rings. The van der Waals surface area contributed by atoms with Crippen LogP contribution in [0.5, 0.6) is 5.75 Å². The van der Waals surface area contributed by atoms with Crippen molar-refractivity contribution in [1.82, 2.24) is 4.57 Å². The number of hydrogen-bond acceptors (Lipinski definition) is 5. The van der Waals surface area contributed by atoms with Gasteiger partial charge in [-0.25, -0.2) is 0 Å². The van der Waals surface area contributed by atoms with Gasteiger partial charge in [0.1, 0.15) is 5.75 Å². The summed E-state index contributed by atoms with van der Waals surface area (Å²) in [6.07, 6.45) is 0. The van der Waals surface area contributed by atoms with Gasteiger partial charge in [0.2, 0.25) is 0 Å². The monoisotopic (exact) mass is 394 g/mol. The number of hydrogen-bond donors (Lipinski definition) is 2. The summed E-state index contributed by atoms with van der Waals surface area (Å²) in [6.45, 7) is 7.39. The molecule has 1 heterocycles. The van der Waals surface area contributed by atoms with Crippen molar-refractivity contribution in [3.63, 3.8) is 0 Å². The van der Waals surface area contributed by atoms with Crippen LogP contribution < -0.4 is 9.54 Å². The summed E-state index contributed by atoms with van der Waals surface area (Å²) in [4.78, 5) is 0.532. The second kappa shape index (κ2) is 8.48. The van der Waals surface area contributed by atoms with Crippen LogP contribution in [0.25, 0.3) is 10.2 Å². The third kappa shape index (κ3) is 4.94. The molecule has 6 nitrogen and oxygen atoms in total. The normalized spacial score (nSPS) is 11.1. The Morgan fingerprint density at radius 3 is 2.35 bits per heavy atom. The van der Waals surface area contributed by atoms with Crippen LogP contribution in [-0.2, 0) is 16.7 Å². The van der Waals surface area contributed by atoms with Gasteiger partial charge in [0.25, 0.3) is 10.1 Å². The standard InChI is InChI=1S/C11H14N2OS.C7H8O3S/c1-3-13-9-6-5-8(14-4-2)7-10(9)15-11(13)12;1-6-2-4-7(5-3-6)11(8,9)10/h5-7,12H,3-4H2,1-2H3;2-5H,1H3,(H,8,9,10). The van der Waals surface area contributed by atoms with E-state index in [1.54, 1.807) is 12.1 Å². The van der Waals surface area contributed by atoms with Crippen molar-refractivity contribution < 1.29 is 17.7 Å². The van der Waals surface area contributed by atoms with Crippen LogP contribution in [0.15, 0.2) is 47.4 Å². The molecule has 0 aliphatic heterocycles. The lowest BCUT2D eigenvalue weighted by Gasteiger charge is -2.03. The highest BCUT2D eigenvalue weighted by atomic mass is 32.2. The van der Waals surface area contributed by atoms with E-state index in [9.17, 15) is 8.42 Å². The van der Waals surface area contributed by atoms with Crippen LogP contribution >= 0.6 is 11.3 Å². The molecule has 0 unspecified atom stereocenters. The lowest BCUT2D eigenvalue weighted by molar-refractivity contribution is 0.341. The molecule has 2 aromatic carbocycles. The summed E-state index contributed by atoms with van der Waals surface area (Å²) in [5.41, 5.74) is 2.08. The lowest BCUT2D eigenvalue weighted by atomic mass is 10.2. The molecule has 0 saturated heterocycles. The maximum absolute atomic E-state index is 10.5. The average molecular weight is 395 g/mol. The molecule has 3 rings (SSSR count). The quantitative estimate of drug-likeness (QED) is 0.658. The van der Waals surface area contributed by atoms with Gasteiger partial charge in [-0.2, -0.15) is 8.42 Å². The van der Waals surface area contributed by atoms with E-state index in [0.717, 1.165) is 28.1 Å². The van der Waals surface area contributed by atoms with Crippen molar-refractivity contribution in [2.24, 2.45) is 0 Å². The average Bonchev–Trinajstić information content (AvgIpc) is 2.89. The number of thiazole rings is 1. The molecule has 140 valence electrons. The van der Waals surface area contributed by atoms with Crippen molar-refractivity contribution in [1.29, 1.82) is 5.41 Å². The highest BCUT2D eigenvalue weighted by Gasteiger charge is 2.07. The highest BCUT2D eigenvalue weighted by molar-refractivity contribution is 7.85. The minimum Gasteiger partial charge on any atom is -0.494 e. The van der Waals surface area contributed by atoms with Gasteiger partial charge in [-0.3, -0.25) is 9.96 Å². The van der Waals surface area contributed by atoms with Crippen molar-refractivity contribution >= 4 is 31.7 Å². The van der Waals surface area contributed by atoms with Crippen molar-refractivity contribution in [3.05, 3.63) is 52.8 Å². The van der Waals surface area contributed by atoms with Crippen LogP contribution in [0.4, 0.5) is 0 Å². The highest BCUT2D eigenvalue weighted by Crippen LogP contribution is 2.23. The van der Waals surface area contributed by atoms with Gasteiger partial charge in [-0.15, -0.1) is 0 Å². The predicted octanol–water partition coefficient (Wildman–Crippen LogP) is 3.84. The zero-order chi connectivity index (χ0) is 19.3. The van der Waals surface area contributed by atoms with Crippen molar-refractivity contribution in [2.45, 2.75) is 32.2 Å². The van der Waals surface area contributed by atoms with Crippen LogP contribution in [0, 0.1) is 12.3 Å². The molecule has 8 heteroatoms. The predicted molar refractivity (Wildman–Crippen MR) is 104 cm³/mol. The first-order valence-corrected chi connectivity index (χ1v) is 10.4. The first-order chi connectivity index (χ1) is 12.3. The maximum Gasteiger partial charge on any atom is 0.294 e. The second-order valence-corrected chi connectivity index (χ2v) is 7.95. The van der Waals surface area contributed by atoms with Gasteiger partial charge in [0.05, 0.1) is 21.7 Å². The molecule has 0 saturated carbocycles. The Labute approximate surface area is 156 Å². The van der Waals surface area contributed by atoms with Crippen LogP contribution in [0.2, 0.25) is 0 Å². The molecule has 0 aliphatic rings. The molecule has 0 aliphatic carbocycles. The van der Waals surface area contributed by atoms with Crippen molar-refractivity contribution in [3.8, 4) is 5.75 Å². The van der Waals surface area contributed by atoms with E-state index in [1.807, 2.05) is 36.6 Å². The van der Waals surface area contributed by atoms with Crippen LogP contribution in [-0.4, -0.2) is 24.1 Å². The molecule has 0 radical (unpaired) electrons. The molecule has 0 fully saturated rings. The van der Waals surface area contributed by atoms with Gasteiger partial charge >= 0.3 is 0 Å². The zero-order valence-electron chi connectivity index (χ0n) is 14.9. The number of rotatable bonds is 4. The Morgan fingerprint density at radius 2 is 1.81 bits per heavy atom. The molecular weight excluding hydrogens is 372 g/mol. The van der Waals surface area contributed by atoms with Gasteiger partial charge in [-0.1, -0.05) is 29.0 Å². The molecule has 0 bridgehead atoms. The summed E-state index contributed by atoms with van der Waals surface area (Å²) in [6, 6.07) is 12.0. The number of ether oxygens (including phenoxy) is 1. The molecule has 1 aromatic heterocycles. The summed E-state index contributed by atoms with van der Waals surface area (Å²) in [5, 5.41) is 7.81. The number of aryl methyl sites for hydroxylation is 2. The summed E-state index contributed by atoms with van der Waals surface area (Å²) >= 11 is 1.49. The molecular formula is C18H22N2O4S2. The fourth-order valence-corrected chi connectivity index (χ4v) is 3.83. The van der Waals surface area contributed by atoms with Gasteiger partial charge in [-0.05, 0) is 51.1 Å². The maximum atomic E-state index is 10.5. The van der Waals surface area contributed by atoms with E-state index in [2.05, 4.69) is 6.92 Å². The Hall–Kier alpha value is -2.16. The molecule has 0 amide bonds. The van der Waals surface area contributed by atoms with Gasteiger partial charge in [0, 0.05) is 6.54 Å². The molecule has 0 spiro atoms.